The van der Waals surface area contributed by atoms with Gasteiger partial charge in [0.2, 0.25) is 8.07 Å². The quantitative estimate of drug-likeness (QED) is 0.186. The van der Waals surface area contributed by atoms with Gasteiger partial charge in [0.25, 0.3) is 0 Å². The largest absolute Gasteiger partial charge is 0.256 e. The van der Waals surface area contributed by atoms with E-state index >= 15 is 0 Å². The monoisotopic (exact) mass is 611 g/mol. The fraction of sp³-hybridized carbons (Fsp3) is 0.0250. The maximum Gasteiger partial charge on any atom is 0.223 e. The standard InChI is InChI=1S/C40H29N3SSi/c1-28-26-27-33-32-20-11-21-34(39(32)44-40(33)41-28)36-23-13-25-38(43-36)45(30-16-7-3-8-17-30,31-18-9-4-10-19-31)37-24-12-22-35(42-37)29-14-5-2-6-15-29/h2-27H,1H3. The van der Waals surface area contributed by atoms with E-state index in [9.17, 15) is 0 Å². The van der Waals surface area contributed by atoms with Crippen molar-refractivity contribution in [1.82, 2.24) is 15.0 Å². The summed E-state index contributed by atoms with van der Waals surface area (Å²) in [7, 11) is -2.97. The average molecular weight is 612 g/mol. The second-order valence-corrected chi connectivity index (χ2v) is 15.9. The molecule has 45 heavy (non-hydrogen) atoms. The minimum absolute atomic E-state index is 0.962. The van der Waals surface area contributed by atoms with Gasteiger partial charge in [-0.05, 0) is 53.7 Å². The molecule has 4 aromatic carbocycles. The number of pyridine rings is 3. The molecule has 0 atom stereocenters. The summed E-state index contributed by atoms with van der Waals surface area (Å²) >= 11 is 1.75. The molecule has 4 heterocycles. The van der Waals surface area contributed by atoms with Crippen LogP contribution in [-0.4, -0.2) is 23.0 Å². The SMILES string of the molecule is Cc1ccc2c(n1)sc1c(-c3cccc([Si](c4ccccc4)(c4ccccc4)c4cccc(-c5ccccc5)n4)n3)cccc12. The molecular formula is C40H29N3SSi. The smallest absolute Gasteiger partial charge is 0.223 e. The summed E-state index contributed by atoms with van der Waals surface area (Å²) in [5.74, 6) is 0. The molecule has 0 spiro atoms. The first-order valence-corrected chi connectivity index (χ1v) is 17.9. The van der Waals surface area contributed by atoms with E-state index in [1.165, 1.54) is 25.8 Å². The highest BCUT2D eigenvalue weighted by Crippen LogP contribution is 2.38. The normalized spacial score (nSPS) is 11.7. The maximum atomic E-state index is 5.59. The molecule has 0 N–H and O–H groups in total. The fourth-order valence-electron chi connectivity index (χ4n) is 6.45. The zero-order valence-electron chi connectivity index (χ0n) is 24.8. The van der Waals surface area contributed by atoms with Crippen molar-refractivity contribution in [2.24, 2.45) is 0 Å². The van der Waals surface area contributed by atoms with Crippen LogP contribution in [0, 0.1) is 6.92 Å². The molecule has 8 aromatic rings. The van der Waals surface area contributed by atoms with Gasteiger partial charge in [0.1, 0.15) is 4.83 Å². The van der Waals surface area contributed by atoms with Crippen LogP contribution in [0.4, 0.5) is 0 Å². The molecule has 8 rings (SSSR count). The van der Waals surface area contributed by atoms with Crippen molar-refractivity contribution in [2.75, 3.05) is 0 Å². The van der Waals surface area contributed by atoms with E-state index in [1.54, 1.807) is 11.3 Å². The van der Waals surface area contributed by atoms with E-state index in [4.69, 9.17) is 15.0 Å². The van der Waals surface area contributed by atoms with Crippen molar-refractivity contribution in [2.45, 2.75) is 6.92 Å². The van der Waals surface area contributed by atoms with Crippen molar-refractivity contribution in [3.63, 3.8) is 0 Å². The zero-order chi connectivity index (χ0) is 30.2. The summed E-state index contributed by atoms with van der Waals surface area (Å²) in [6, 6.07) is 56.0. The zero-order valence-corrected chi connectivity index (χ0v) is 26.6. The molecule has 0 fully saturated rings. The summed E-state index contributed by atoms with van der Waals surface area (Å²) in [6.45, 7) is 2.05. The highest BCUT2D eigenvalue weighted by atomic mass is 32.1. The number of fused-ring (bicyclic) bond motifs is 3. The Labute approximate surface area is 267 Å². The molecule has 4 aromatic heterocycles. The van der Waals surface area contributed by atoms with Gasteiger partial charge in [0.15, 0.2) is 0 Å². The van der Waals surface area contributed by atoms with Gasteiger partial charge in [-0.25, -0.2) is 4.98 Å². The number of hydrogen-bond acceptors (Lipinski definition) is 4. The van der Waals surface area contributed by atoms with Crippen LogP contribution < -0.4 is 21.0 Å². The lowest BCUT2D eigenvalue weighted by molar-refractivity contribution is 1.27. The maximum absolute atomic E-state index is 5.59. The van der Waals surface area contributed by atoms with Crippen LogP contribution in [0.1, 0.15) is 5.69 Å². The molecule has 0 saturated carbocycles. The van der Waals surface area contributed by atoms with Crippen LogP contribution >= 0.6 is 11.3 Å². The van der Waals surface area contributed by atoms with Gasteiger partial charge in [0, 0.05) is 42.9 Å². The number of aromatic nitrogens is 3. The summed E-state index contributed by atoms with van der Waals surface area (Å²) < 4.78 is 1.21. The van der Waals surface area contributed by atoms with Gasteiger partial charge < -0.3 is 0 Å². The summed E-state index contributed by atoms with van der Waals surface area (Å²) in [6.07, 6.45) is 0. The number of thiophene rings is 1. The van der Waals surface area contributed by atoms with Crippen LogP contribution in [0.2, 0.25) is 0 Å². The molecule has 0 aliphatic rings. The molecule has 0 amide bonds. The first kappa shape index (κ1) is 27.3. The predicted molar refractivity (Wildman–Crippen MR) is 192 cm³/mol. The van der Waals surface area contributed by atoms with E-state index in [2.05, 4.69) is 152 Å². The third-order valence-electron chi connectivity index (χ3n) is 8.53. The lowest BCUT2D eigenvalue weighted by atomic mass is 10.1. The lowest BCUT2D eigenvalue weighted by Gasteiger charge is -2.32. The van der Waals surface area contributed by atoms with E-state index in [1.807, 2.05) is 13.0 Å². The van der Waals surface area contributed by atoms with Crippen LogP contribution in [0.3, 0.4) is 0 Å². The molecular weight excluding hydrogens is 583 g/mol. The van der Waals surface area contributed by atoms with Crippen LogP contribution in [0.25, 0.3) is 42.8 Å². The van der Waals surface area contributed by atoms with Crippen molar-refractivity contribution in [3.8, 4) is 22.5 Å². The third kappa shape index (κ3) is 4.68. The van der Waals surface area contributed by atoms with Crippen LogP contribution in [0.15, 0.2) is 158 Å². The molecule has 0 saturated heterocycles. The Hall–Kier alpha value is -5.23. The van der Waals surface area contributed by atoms with Crippen molar-refractivity contribution in [1.29, 1.82) is 0 Å². The van der Waals surface area contributed by atoms with Crippen molar-refractivity contribution in [3.05, 3.63) is 163 Å². The minimum Gasteiger partial charge on any atom is -0.256 e. The average Bonchev–Trinajstić information content (AvgIpc) is 3.48. The number of benzene rings is 4. The van der Waals surface area contributed by atoms with Crippen molar-refractivity contribution >= 4 is 60.7 Å². The molecule has 0 unspecified atom stereocenters. The van der Waals surface area contributed by atoms with E-state index < -0.39 is 8.07 Å². The Morgan fingerprint density at radius 3 is 1.71 bits per heavy atom. The second kappa shape index (κ2) is 11.4. The Bertz CT molecular complexity index is 2240. The summed E-state index contributed by atoms with van der Waals surface area (Å²) in [5, 5.41) is 7.03. The predicted octanol–water partition coefficient (Wildman–Crippen LogP) is 7.26. The van der Waals surface area contributed by atoms with Gasteiger partial charge in [-0.3, -0.25) is 9.97 Å². The fourth-order valence-corrected chi connectivity index (χ4v) is 12.1. The van der Waals surface area contributed by atoms with Gasteiger partial charge in [-0.15, -0.1) is 11.3 Å². The Morgan fingerprint density at radius 1 is 0.467 bits per heavy atom. The van der Waals surface area contributed by atoms with Gasteiger partial charge in [0.05, 0.1) is 11.4 Å². The molecule has 3 nitrogen and oxygen atoms in total. The van der Waals surface area contributed by atoms with Crippen LogP contribution in [-0.2, 0) is 0 Å². The third-order valence-corrected chi connectivity index (χ3v) is 14.2. The summed E-state index contributed by atoms with van der Waals surface area (Å²) in [5.41, 5.74) is 5.19. The molecule has 0 aliphatic carbocycles. The minimum atomic E-state index is -2.97. The molecule has 214 valence electrons. The number of nitrogens with zero attached hydrogens (tertiary/aromatic N) is 3. The number of aryl methyl sites for hydroxylation is 1. The second-order valence-electron chi connectivity index (χ2n) is 11.3. The Kier molecular flexibility index (Phi) is 6.90. The molecule has 0 aliphatic heterocycles. The van der Waals surface area contributed by atoms with E-state index in [0.717, 1.165) is 43.7 Å². The van der Waals surface area contributed by atoms with Crippen LogP contribution in [0.5, 0.6) is 0 Å². The lowest BCUT2D eigenvalue weighted by Crippen LogP contribution is -2.76. The Morgan fingerprint density at radius 2 is 1.04 bits per heavy atom. The van der Waals surface area contributed by atoms with Crippen molar-refractivity contribution < 1.29 is 0 Å². The molecule has 0 radical (unpaired) electrons. The summed E-state index contributed by atoms with van der Waals surface area (Å²) in [4.78, 5) is 17.0. The van der Waals surface area contributed by atoms with Gasteiger partial charge >= 0.3 is 0 Å². The van der Waals surface area contributed by atoms with Gasteiger partial charge in [-0.2, -0.15) is 0 Å². The Balaban J connectivity index is 1.41. The highest BCUT2D eigenvalue weighted by Gasteiger charge is 2.44. The number of rotatable bonds is 6. The first-order valence-electron chi connectivity index (χ1n) is 15.1. The molecule has 0 bridgehead atoms. The van der Waals surface area contributed by atoms with E-state index in [-0.39, 0.29) is 0 Å². The molecule has 5 heteroatoms. The topological polar surface area (TPSA) is 38.7 Å². The first-order chi connectivity index (χ1) is 22.2. The van der Waals surface area contributed by atoms with E-state index in [0.29, 0.717) is 0 Å². The van der Waals surface area contributed by atoms with Gasteiger partial charge in [-0.1, -0.05) is 121 Å². The highest BCUT2D eigenvalue weighted by molar-refractivity contribution is 7.26. The number of hydrogen-bond donors (Lipinski definition) is 0.